The highest BCUT2D eigenvalue weighted by atomic mass is 16.1. The van der Waals surface area contributed by atoms with E-state index in [0.29, 0.717) is 18.4 Å². The highest BCUT2D eigenvalue weighted by Gasteiger charge is 2.27. The number of hydrogen-bond acceptors (Lipinski definition) is 3. The van der Waals surface area contributed by atoms with E-state index in [1.807, 2.05) is 36.4 Å². The van der Waals surface area contributed by atoms with E-state index >= 15 is 0 Å². The third-order valence-corrected chi connectivity index (χ3v) is 5.83. The highest BCUT2D eigenvalue weighted by Crippen LogP contribution is 2.26. The Kier molecular flexibility index (Phi) is 7.19. The number of carbonyl (C=O) groups excluding carboxylic acids is 1. The minimum Gasteiger partial charge on any atom is -0.298 e. The Morgan fingerprint density at radius 2 is 1.30 bits per heavy atom. The molecule has 0 N–H and O–H groups in total. The first kappa shape index (κ1) is 19.8. The van der Waals surface area contributed by atoms with Gasteiger partial charge in [-0.25, -0.2) is 0 Å². The smallest absolute Gasteiger partial charge is 0.158 e. The number of Topliss-reactive ketones (excluding diaryl/α,β-unsaturated/α-hetero) is 1. The van der Waals surface area contributed by atoms with Gasteiger partial charge in [0.15, 0.2) is 5.78 Å². The molecule has 0 aromatic heterocycles. The number of hydrogen-bond donors (Lipinski definition) is 0. The summed E-state index contributed by atoms with van der Waals surface area (Å²) in [5.41, 5.74) is 2.17. The third kappa shape index (κ3) is 5.06. The van der Waals surface area contributed by atoms with Crippen LogP contribution < -0.4 is 0 Å². The van der Waals surface area contributed by atoms with Crippen LogP contribution in [0.3, 0.4) is 0 Å². The summed E-state index contributed by atoms with van der Waals surface area (Å²) in [6.45, 7) is 9.19. The highest BCUT2D eigenvalue weighted by molar-refractivity contribution is 5.90. The van der Waals surface area contributed by atoms with E-state index in [0.717, 1.165) is 37.3 Å². The summed E-state index contributed by atoms with van der Waals surface area (Å²) >= 11 is 0. The topological polar surface area (TPSA) is 23.6 Å². The number of carbonyl (C=O) groups is 1. The van der Waals surface area contributed by atoms with Crippen molar-refractivity contribution >= 4 is 5.78 Å². The Morgan fingerprint density at radius 3 is 1.74 bits per heavy atom. The van der Waals surface area contributed by atoms with Gasteiger partial charge in [-0.05, 0) is 24.0 Å². The molecule has 1 heterocycles. The molecule has 144 valence electrons. The van der Waals surface area contributed by atoms with E-state index in [1.54, 1.807) is 0 Å². The number of rotatable bonds is 8. The van der Waals surface area contributed by atoms with Gasteiger partial charge in [-0.2, -0.15) is 0 Å². The lowest BCUT2D eigenvalue weighted by Gasteiger charge is -2.39. The standard InChI is InChI=1S/C24H32N2O/c1-3-22(4-2)26-17-15-25(16-18-26)19-23(27)24(20-11-7-5-8-12-20)21-13-9-6-10-14-21/h5-14,22,24H,3-4,15-19H2,1-2H3. The van der Waals surface area contributed by atoms with Gasteiger partial charge in [-0.15, -0.1) is 0 Å². The Labute approximate surface area is 164 Å². The molecule has 1 aliphatic heterocycles. The van der Waals surface area contributed by atoms with Gasteiger partial charge in [0.25, 0.3) is 0 Å². The zero-order valence-corrected chi connectivity index (χ0v) is 16.7. The molecule has 3 heteroatoms. The van der Waals surface area contributed by atoms with E-state index in [-0.39, 0.29) is 5.92 Å². The summed E-state index contributed by atoms with van der Waals surface area (Å²) in [6.07, 6.45) is 2.42. The fourth-order valence-electron chi connectivity index (χ4n) is 4.26. The van der Waals surface area contributed by atoms with Crippen molar-refractivity contribution in [3.8, 4) is 0 Å². The number of nitrogens with zero attached hydrogens (tertiary/aromatic N) is 2. The van der Waals surface area contributed by atoms with Crippen LogP contribution in [0.5, 0.6) is 0 Å². The summed E-state index contributed by atoms with van der Waals surface area (Å²) in [7, 11) is 0. The predicted octanol–water partition coefficient (Wildman–Crippen LogP) is 4.19. The molecule has 0 amide bonds. The van der Waals surface area contributed by atoms with Crippen LogP contribution in [0.1, 0.15) is 43.7 Å². The average molecular weight is 365 g/mol. The molecule has 0 aliphatic carbocycles. The van der Waals surface area contributed by atoms with Crippen molar-refractivity contribution in [2.75, 3.05) is 32.7 Å². The van der Waals surface area contributed by atoms with Gasteiger partial charge in [0.1, 0.15) is 0 Å². The maximum Gasteiger partial charge on any atom is 0.158 e. The second-order valence-electron chi connectivity index (χ2n) is 7.50. The molecule has 0 spiro atoms. The lowest BCUT2D eigenvalue weighted by molar-refractivity contribution is -0.121. The van der Waals surface area contributed by atoms with E-state index < -0.39 is 0 Å². The maximum atomic E-state index is 13.3. The van der Waals surface area contributed by atoms with Crippen LogP contribution >= 0.6 is 0 Å². The van der Waals surface area contributed by atoms with Gasteiger partial charge >= 0.3 is 0 Å². The molecule has 1 fully saturated rings. The molecule has 1 saturated heterocycles. The average Bonchev–Trinajstić information content (AvgIpc) is 2.72. The van der Waals surface area contributed by atoms with Gasteiger partial charge in [0.2, 0.25) is 0 Å². The molecule has 0 unspecified atom stereocenters. The normalized spacial score (nSPS) is 16.1. The minimum absolute atomic E-state index is 0.176. The Hall–Kier alpha value is -1.97. The van der Waals surface area contributed by atoms with Crippen LogP contribution in [-0.4, -0.2) is 54.3 Å². The van der Waals surface area contributed by atoms with Gasteiger partial charge < -0.3 is 0 Å². The maximum absolute atomic E-state index is 13.3. The third-order valence-electron chi connectivity index (χ3n) is 5.83. The summed E-state index contributed by atoms with van der Waals surface area (Å²) in [5, 5.41) is 0. The van der Waals surface area contributed by atoms with Gasteiger partial charge in [0.05, 0.1) is 12.5 Å². The number of ketones is 1. The summed E-state index contributed by atoms with van der Waals surface area (Å²) < 4.78 is 0. The van der Waals surface area contributed by atoms with Crippen molar-refractivity contribution in [1.29, 1.82) is 0 Å². The van der Waals surface area contributed by atoms with Crippen LogP contribution in [0.25, 0.3) is 0 Å². The second kappa shape index (κ2) is 9.82. The molecule has 0 saturated carbocycles. The molecule has 2 aromatic carbocycles. The first-order valence-electron chi connectivity index (χ1n) is 10.3. The van der Waals surface area contributed by atoms with Crippen LogP contribution in [-0.2, 0) is 4.79 Å². The quantitative estimate of drug-likeness (QED) is 0.701. The van der Waals surface area contributed by atoms with Crippen LogP contribution in [0.15, 0.2) is 60.7 Å². The molecule has 0 atom stereocenters. The minimum atomic E-state index is -0.176. The van der Waals surface area contributed by atoms with Crippen molar-refractivity contribution < 1.29 is 4.79 Å². The fraction of sp³-hybridized carbons (Fsp3) is 0.458. The van der Waals surface area contributed by atoms with Crippen LogP contribution in [0, 0.1) is 0 Å². The molecule has 2 aromatic rings. The van der Waals surface area contributed by atoms with Crippen molar-refractivity contribution in [3.05, 3.63) is 71.8 Å². The molecule has 3 nitrogen and oxygen atoms in total. The molecule has 3 rings (SSSR count). The van der Waals surface area contributed by atoms with Crippen molar-refractivity contribution in [3.63, 3.8) is 0 Å². The SMILES string of the molecule is CCC(CC)N1CCN(CC(=O)C(c2ccccc2)c2ccccc2)CC1. The van der Waals surface area contributed by atoms with Gasteiger partial charge in [-0.1, -0.05) is 74.5 Å². The fourth-order valence-corrected chi connectivity index (χ4v) is 4.26. The van der Waals surface area contributed by atoms with Crippen molar-refractivity contribution in [1.82, 2.24) is 9.80 Å². The Bertz CT molecular complexity index is 649. The summed E-state index contributed by atoms with van der Waals surface area (Å²) in [5.74, 6) is 0.118. The van der Waals surface area contributed by atoms with Gasteiger partial charge in [-0.3, -0.25) is 14.6 Å². The zero-order valence-electron chi connectivity index (χ0n) is 16.7. The largest absolute Gasteiger partial charge is 0.298 e. The molecule has 1 aliphatic rings. The Morgan fingerprint density at radius 1 is 0.815 bits per heavy atom. The first-order chi connectivity index (χ1) is 13.2. The monoisotopic (exact) mass is 364 g/mol. The number of benzene rings is 2. The lowest BCUT2D eigenvalue weighted by atomic mass is 9.87. The summed E-state index contributed by atoms with van der Waals surface area (Å²) in [4.78, 5) is 18.2. The molecule has 0 radical (unpaired) electrons. The van der Waals surface area contributed by atoms with E-state index in [4.69, 9.17) is 0 Å². The van der Waals surface area contributed by atoms with Crippen molar-refractivity contribution in [2.45, 2.75) is 38.6 Å². The number of piperazine rings is 1. The molecular formula is C24H32N2O. The van der Waals surface area contributed by atoms with Crippen LogP contribution in [0.4, 0.5) is 0 Å². The van der Waals surface area contributed by atoms with Gasteiger partial charge in [0, 0.05) is 32.2 Å². The molecule has 0 bridgehead atoms. The predicted molar refractivity (Wildman–Crippen MR) is 112 cm³/mol. The lowest BCUT2D eigenvalue weighted by Crippen LogP contribution is -2.51. The van der Waals surface area contributed by atoms with E-state index in [9.17, 15) is 4.79 Å². The first-order valence-corrected chi connectivity index (χ1v) is 10.3. The van der Waals surface area contributed by atoms with E-state index in [2.05, 4.69) is 47.9 Å². The van der Waals surface area contributed by atoms with E-state index in [1.165, 1.54) is 12.8 Å². The second-order valence-corrected chi connectivity index (χ2v) is 7.50. The van der Waals surface area contributed by atoms with Crippen LogP contribution in [0.2, 0.25) is 0 Å². The molecular weight excluding hydrogens is 332 g/mol. The van der Waals surface area contributed by atoms with Crippen molar-refractivity contribution in [2.24, 2.45) is 0 Å². The summed E-state index contributed by atoms with van der Waals surface area (Å²) in [6, 6.07) is 21.1. The molecule has 27 heavy (non-hydrogen) atoms. The zero-order chi connectivity index (χ0) is 19.1. The Balaban J connectivity index is 1.68.